The van der Waals surface area contributed by atoms with Gasteiger partial charge in [0.1, 0.15) is 5.69 Å². The third kappa shape index (κ3) is 3.47. The van der Waals surface area contributed by atoms with Crippen LogP contribution in [0.1, 0.15) is 23.8 Å². The van der Waals surface area contributed by atoms with Crippen LogP contribution < -0.4 is 5.73 Å². The number of amides is 1. The van der Waals surface area contributed by atoms with E-state index in [1.165, 1.54) is 4.90 Å². The van der Waals surface area contributed by atoms with Crippen LogP contribution in [0.15, 0.2) is 41.6 Å². The molecule has 0 fully saturated rings. The van der Waals surface area contributed by atoms with Gasteiger partial charge in [-0.25, -0.2) is 4.98 Å². The van der Waals surface area contributed by atoms with Gasteiger partial charge in [-0.3, -0.25) is 4.79 Å². The van der Waals surface area contributed by atoms with Crippen molar-refractivity contribution in [1.82, 2.24) is 9.88 Å². The van der Waals surface area contributed by atoms with Crippen molar-refractivity contribution in [3.63, 3.8) is 0 Å². The van der Waals surface area contributed by atoms with Crippen LogP contribution in [0, 0.1) is 0 Å². The van der Waals surface area contributed by atoms with Gasteiger partial charge < -0.3 is 15.8 Å². The lowest BCUT2D eigenvalue weighted by Gasteiger charge is -2.21. The summed E-state index contributed by atoms with van der Waals surface area (Å²) >= 11 is 0. The fourth-order valence-electron chi connectivity index (χ4n) is 2.10. The summed E-state index contributed by atoms with van der Waals surface area (Å²) in [6.07, 6.45) is 0.776. The van der Waals surface area contributed by atoms with E-state index in [1.807, 2.05) is 37.3 Å². The fraction of sp³-hybridized carbons (Fsp3) is 0.267. The monoisotopic (exact) mass is 286 g/mol. The number of amidine groups is 1. The Morgan fingerprint density at radius 3 is 2.81 bits per heavy atom. The van der Waals surface area contributed by atoms with Crippen LogP contribution in [0.5, 0.6) is 0 Å². The minimum atomic E-state index is -0.228. The van der Waals surface area contributed by atoms with Crippen molar-refractivity contribution in [2.24, 2.45) is 10.9 Å². The first-order valence-electron chi connectivity index (χ1n) is 6.77. The highest BCUT2D eigenvalue weighted by Crippen LogP contribution is 2.13. The minimum absolute atomic E-state index is 0.00223. The zero-order valence-electron chi connectivity index (χ0n) is 11.9. The summed E-state index contributed by atoms with van der Waals surface area (Å²) < 4.78 is 0. The third-order valence-electron chi connectivity index (χ3n) is 3.08. The van der Waals surface area contributed by atoms with E-state index in [0.29, 0.717) is 12.2 Å². The number of hydrogen-bond acceptors (Lipinski definition) is 4. The molecule has 0 spiro atoms. The van der Waals surface area contributed by atoms with Crippen molar-refractivity contribution in [1.29, 1.82) is 0 Å². The van der Waals surface area contributed by atoms with Gasteiger partial charge in [0, 0.05) is 11.9 Å². The van der Waals surface area contributed by atoms with Crippen molar-refractivity contribution in [2.45, 2.75) is 13.3 Å². The van der Waals surface area contributed by atoms with E-state index < -0.39 is 0 Å². The van der Waals surface area contributed by atoms with E-state index >= 15 is 0 Å². The van der Waals surface area contributed by atoms with Gasteiger partial charge in [-0.2, -0.15) is 0 Å². The van der Waals surface area contributed by atoms with E-state index in [2.05, 4.69) is 10.1 Å². The zero-order valence-corrected chi connectivity index (χ0v) is 11.9. The highest BCUT2D eigenvalue weighted by atomic mass is 16.4. The largest absolute Gasteiger partial charge is 0.409 e. The number of oxime groups is 1. The van der Waals surface area contributed by atoms with E-state index in [1.54, 1.807) is 6.07 Å². The lowest BCUT2D eigenvalue weighted by atomic mass is 10.2. The van der Waals surface area contributed by atoms with E-state index in [4.69, 9.17) is 10.9 Å². The number of nitrogens with two attached hydrogens (primary N) is 1. The molecule has 110 valence electrons. The molecular formula is C15H18N4O2. The smallest absolute Gasteiger partial charge is 0.272 e. The molecule has 0 saturated heterocycles. The molecule has 1 aromatic carbocycles. The lowest BCUT2D eigenvalue weighted by Crippen LogP contribution is -2.39. The average Bonchev–Trinajstić information content (AvgIpc) is 2.53. The standard InChI is InChI=1S/C15H18N4O2/c1-2-9-19(10-14(16)18-21)15(20)13-8-7-11-5-3-4-6-12(11)17-13/h3-8,21H,2,9-10H2,1H3,(H2,16,18). The van der Waals surface area contributed by atoms with E-state index in [-0.39, 0.29) is 18.3 Å². The molecule has 21 heavy (non-hydrogen) atoms. The van der Waals surface area contributed by atoms with Crippen LogP contribution in [-0.4, -0.2) is 39.9 Å². The van der Waals surface area contributed by atoms with E-state index in [0.717, 1.165) is 17.3 Å². The van der Waals surface area contributed by atoms with Crippen LogP contribution in [0.25, 0.3) is 10.9 Å². The molecule has 0 aliphatic carbocycles. The van der Waals surface area contributed by atoms with E-state index in [9.17, 15) is 4.79 Å². The molecule has 6 heteroatoms. The minimum Gasteiger partial charge on any atom is -0.409 e. The number of carbonyl (C=O) groups excluding carboxylic acids is 1. The van der Waals surface area contributed by atoms with Crippen molar-refractivity contribution in [3.8, 4) is 0 Å². The summed E-state index contributed by atoms with van der Waals surface area (Å²) in [6.45, 7) is 2.56. The highest BCUT2D eigenvalue weighted by molar-refractivity contribution is 5.97. The quantitative estimate of drug-likeness (QED) is 0.379. The molecule has 0 radical (unpaired) electrons. The number of fused-ring (bicyclic) bond motifs is 1. The summed E-state index contributed by atoms with van der Waals surface area (Å²) in [5.74, 6) is -0.230. The van der Waals surface area contributed by atoms with Gasteiger partial charge in [0.05, 0.1) is 12.1 Å². The van der Waals surface area contributed by atoms with Crippen molar-refractivity contribution in [2.75, 3.05) is 13.1 Å². The Bertz CT molecular complexity index is 670. The predicted octanol–water partition coefficient (Wildman–Crippen LogP) is 1.83. The number of rotatable bonds is 5. The molecule has 0 saturated carbocycles. The van der Waals surface area contributed by atoms with Crippen LogP contribution >= 0.6 is 0 Å². The molecule has 0 aliphatic rings. The van der Waals surface area contributed by atoms with Gasteiger partial charge in [0.2, 0.25) is 0 Å². The Labute approximate surface area is 122 Å². The maximum Gasteiger partial charge on any atom is 0.272 e. The van der Waals surface area contributed by atoms with Gasteiger partial charge in [-0.05, 0) is 18.6 Å². The second-order valence-electron chi connectivity index (χ2n) is 4.71. The first-order valence-corrected chi connectivity index (χ1v) is 6.77. The zero-order chi connectivity index (χ0) is 15.2. The van der Waals surface area contributed by atoms with Crippen molar-refractivity contribution >= 4 is 22.6 Å². The van der Waals surface area contributed by atoms with Crippen molar-refractivity contribution in [3.05, 3.63) is 42.1 Å². The van der Waals surface area contributed by atoms with Gasteiger partial charge in [0.25, 0.3) is 5.91 Å². The highest BCUT2D eigenvalue weighted by Gasteiger charge is 2.18. The van der Waals surface area contributed by atoms with Gasteiger partial charge >= 0.3 is 0 Å². The molecule has 0 aliphatic heterocycles. The Morgan fingerprint density at radius 1 is 1.33 bits per heavy atom. The molecule has 1 aromatic heterocycles. The summed E-state index contributed by atoms with van der Waals surface area (Å²) in [7, 11) is 0. The molecule has 0 bridgehead atoms. The molecule has 2 aromatic rings. The number of pyridine rings is 1. The molecular weight excluding hydrogens is 268 g/mol. The predicted molar refractivity (Wildman–Crippen MR) is 81.3 cm³/mol. The van der Waals surface area contributed by atoms with Crippen molar-refractivity contribution < 1.29 is 10.0 Å². The molecule has 1 heterocycles. The first-order chi connectivity index (χ1) is 10.2. The van der Waals surface area contributed by atoms with Crippen LogP contribution in [-0.2, 0) is 0 Å². The van der Waals surface area contributed by atoms with Crippen LogP contribution in [0.3, 0.4) is 0 Å². The van der Waals surface area contributed by atoms with Gasteiger partial charge in [-0.1, -0.05) is 36.3 Å². The lowest BCUT2D eigenvalue weighted by molar-refractivity contribution is 0.0773. The molecule has 0 atom stereocenters. The summed E-state index contributed by atoms with van der Waals surface area (Å²) in [4.78, 5) is 18.4. The maximum absolute atomic E-state index is 12.5. The third-order valence-corrected chi connectivity index (χ3v) is 3.08. The average molecular weight is 286 g/mol. The summed E-state index contributed by atoms with van der Waals surface area (Å²) in [5, 5.41) is 12.6. The Hall–Kier alpha value is -2.63. The number of nitrogens with zero attached hydrogens (tertiary/aromatic N) is 3. The first kappa shape index (κ1) is 14.8. The van der Waals surface area contributed by atoms with Crippen LogP contribution in [0.4, 0.5) is 0 Å². The number of hydrogen-bond donors (Lipinski definition) is 2. The normalized spacial score (nSPS) is 11.6. The SMILES string of the molecule is CCCN(CC(N)=NO)C(=O)c1ccc2ccccc2n1. The second kappa shape index (κ2) is 6.69. The number of benzene rings is 1. The number of aromatic nitrogens is 1. The molecule has 2 rings (SSSR count). The fourth-order valence-corrected chi connectivity index (χ4v) is 2.10. The molecule has 0 unspecified atom stereocenters. The second-order valence-corrected chi connectivity index (χ2v) is 4.71. The maximum atomic E-state index is 12.5. The molecule has 1 amide bonds. The molecule has 6 nitrogen and oxygen atoms in total. The summed E-state index contributed by atoms with van der Waals surface area (Å²) in [5.41, 5.74) is 6.62. The Kier molecular flexibility index (Phi) is 4.71. The Morgan fingerprint density at radius 2 is 2.10 bits per heavy atom. The van der Waals surface area contributed by atoms with Gasteiger partial charge in [0.15, 0.2) is 5.84 Å². The van der Waals surface area contributed by atoms with Gasteiger partial charge in [-0.15, -0.1) is 0 Å². The summed E-state index contributed by atoms with van der Waals surface area (Å²) in [6, 6.07) is 11.2. The number of carbonyl (C=O) groups is 1. The Balaban J connectivity index is 2.29. The topological polar surface area (TPSA) is 91.8 Å². The number of para-hydroxylation sites is 1. The van der Waals surface area contributed by atoms with Crippen LogP contribution in [0.2, 0.25) is 0 Å². The molecule has 3 N–H and O–H groups in total.